The van der Waals surface area contributed by atoms with Crippen LogP contribution in [-0.2, 0) is 52.4 Å². The molecule has 2 aliphatic heterocycles. The van der Waals surface area contributed by atoms with Gasteiger partial charge in [-0.2, -0.15) is 0 Å². The highest BCUT2D eigenvalue weighted by Gasteiger charge is 2.78. The third-order valence-corrected chi connectivity index (χ3v) is 9.68. The summed E-state index contributed by atoms with van der Waals surface area (Å²) in [5.74, 6) is -5.94. The summed E-state index contributed by atoms with van der Waals surface area (Å²) < 4.78 is 34.9. The van der Waals surface area contributed by atoms with Gasteiger partial charge in [-0.15, -0.1) is 11.6 Å². The van der Waals surface area contributed by atoms with Crippen LogP contribution in [0.5, 0.6) is 0 Å². The molecule has 228 valence electrons. The number of alkyl halides is 1. The summed E-state index contributed by atoms with van der Waals surface area (Å²) in [6.45, 7) is 11.9. The van der Waals surface area contributed by atoms with Crippen LogP contribution in [-0.4, -0.2) is 88.7 Å². The number of rotatable bonds is 4. The number of aliphatic hydroxyl groups is 1. The van der Waals surface area contributed by atoms with Crippen LogP contribution in [0.3, 0.4) is 0 Å². The van der Waals surface area contributed by atoms with Gasteiger partial charge in [0.2, 0.25) is 0 Å². The minimum Gasteiger partial charge on any atom is -0.462 e. The SMILES string of the molecule is C=C1CC[C@H](OC(C)=O)[C@@]2(C)[C@@H](OC(C)=O)C[C@@H](OC(C)=O)[C@]3(CO3)[C@@H]2C(OC(C)=O)[C@]2(O)[C@@H](C)C(=O)O[C@H]2[C@H]1Cl. The minimum absolute atomic E-state index is 0.00347. The van der Waals surface area contributed by atoms with E-state index >= 15 is 0 Å². The smallest absolute Gasteiger partial charge is 0.312 e. The first-order valence-electron chi connectivity index (χ1n) is 13.6. The summed E-state index contributed by atoms with van der Waals surface area (Å²) in [4.78, 5) is 62.9. The average molecular weight is 601 g/mol. The first-order chi connectivity index (χ1) is 19.0. The van der Waals surface area contributed by atoms with Crippen LogP contribution >= 0.6 is 11.6 Å². The van der Waals surface area contributed by atoms with Gasteiger partial charge in [0.1, 0.15) is 30.0 Å². The molecule has 1 N–H and O–H groups in total. The molecule has 4 aliphatic rings. The molecule has 1 unspecified atom stereocenters. The Kier molecular flexibility index (Phi) is 8.27. The molecule has 0 aromatic carbocycles. The van der Waals surface area contributed by atoms with Crippen molar-refractivity contribution < 1.29 is 57.5 Å². The monoisotopic (exact) mass is 600 g/mol. The number of esters is 5. The Balaban J connectivity index is 2.06. The lowest BCUT2D eigenvalue weighted by molar-refractivity contribution is -0.259. The summed E-state index contributed by atoms with van der Waals surface area (Å²) >= 11 is 6.78. The minimum atomic E-state index is -2.25. The van der Waals surface area contributed by atoms with E-state index in [4.69, 9.17) is 40.0 Å². The van der Waals surface area contributed by atoms with Gasteiger partial charge in [-0.05, 0) is 19.8 Å². The largest absolute Gasteiger partial charge is 0.462 e. The molecule has 2 aliphatic carbocycles. The topological polar surface area (TPSA) is 164 Å². The van der Waals surface area contributed by atoms with Crippen molar-refractivity contribution in [3.05, 3.63) is 12.2 Å². The molecule has 4 rings (SSSR count). The van der Waals surface area contributed by atoms with Gasteiger partial charge >= 0.3 is 29.8 Å². The van der Waals surface area contributed by atoms with Crippen LogP contribution < -0.4 is 0 Å². The van der Waals surface area contributed by atoms with E-state index in [0.29, 0.717) is 5.57 Å². The first kappa shape index (κ1) is 31.2. The standard InChI is InChI=1S/C28H37ClO12/c1-12-8-9-18(37-14(3)30)26(7)19(38-15(4)31)10-20(39-16(5)32)27(11-36-27)22(26)24(40-17(6)33)28(35)13(2)25(34)41-23(28)21(12)29/h13,18-24,35H,1,8-11H2,2-7H3/t13-,18-,19-,20+,21-,22+,23-,24?,26-,27+,28-/m0/s1. The molecule has 12 nitrogen and oxygen atoms in total. The highest BCUT2D eigenvalue weighted by atomic mass is 35.5. The molecule has 2 saturated heterocycles. The Labute approximate surface area is 242 Å². The average Bonchev–Trinajstić information content (AvgIpc) is 3.61. The maximum atomic E-state index is 13.0. The van der Waals surface area contributed by atoms with Crippen molar-refractivity contribution in [2.45, 2.75) is 108 Å². The molecule has 41 heavy (non-hydrogen) atoms. The zero-order valence-electron chi connectivity index (χ0n) is 24.0. The van der Waals surface area contributed by atoms with Crippen molar-refractivity contribution in [2.24, 2.45) is 17.3 Å². The van der Waals surface area contributed by atoms with Gasteiger partial charge in [0, 0.05) is 40.0 Å². The van der Waals surface area contributed by atoms with Gasteiger partial charge < -0.3 is 33.5 Å². The normalized spacial score (nSPS) is 43.6. The predicted octanol–water partition coefficient (Wildman–Crippen LogP) is 1.76. The Hall–Kier alpha value is -2.70. The van der Waals surface area contributed by atoms with E-state index in [1.165, 1.54) is 27.7 Å². The third-order valence-electron chi connectivity index (χ3n) is 9.14. The van der Waals surface area contributed by atoms with Crippen molar-refractivity contribution in [3.63, 3.8) is 0 Å². The maximum absolute atomic E-state index is 13.0. The van der Waals surface area contributed by atoms with Gasteiger partial charge in [0.25, 0.3) is 0 Å². The van der Waals surface area contributed by atoms with Gasteiger partial charge in [-0.25, -0.2) is 0 Å². The quantitative estimate of drug-likeness (QED) is 0.164. The molecule has 1 spiro atoms. The lowest BCUT2D eigenvalue weighted by atomic mass is 9.51. The molecule has 2 saturated carbocycles. The van der Waals surface area contributed by atoms with Crippen LogP contribution in [0.2, 0.25) is 0 Å². The molecule has 2 heterocycles. The number of fused-ring (bicyclic) bond motifs is 3. The number of hydrogen-bond acceptors (Lipinski definition) is 12. The second-order valence-corrected chi connectivity index (χ2v) is 12.2. The van der Waals surface area contributed by atoms with Crippen molar-refractivity contribution in [3.8, 4) is 0 Å². The van der Waals surface area contributed by atoms with E-state index in [0.717, 1.165) is 6.92 Å². The van der Waals surface area contributed by atoms with Gasteiger partial charge in [-0.3, -0.25) is 24.0 Å². The van der Waals surface area contributed by atoms with Crippen molar-refractivity contribution in [2.75, 3.05) is 6.61 Å². The number of hydrogen-bond donors (Lipinski definition) is 1. The lowest BCUT2D eigenvalue weighted by Gasteiger charge is -2.58. The molecule has 0 aromatic heterocycles. The van der Waals surface area contributed by atoms with E-state index in [9.17, 15) is 29.1 Å². The molecule has 4 fully saturated rings. The highest BCUT2D eigenvalue weighted by Crippen LogP contribution is 2.63. The summed E-state index contributed by atoms with van der Waals surface area (Å²) in [5, 5.41) is 11.5. The zero-order chi connectivity index (χ0) is 30.7. The summed E-state index contributed by atoms with van der Waals surface area (Å²) in [6.07, 6.45) is -5.82. The fourth-order valence-corrected chi connectivity index (χ4v) is 7.53. The summed E-state index contributed by atoms with van der Waals surface area (Å²) in [7, 11) is 0. The summed E-state index contributed by atoms with van der Waals surface area (Å²) in [6, 6.07) is 0. The predicted molar refractivity (Wildman–Crippen MR) is 139 cm³/mol. The Morgan fingerprint density at radius 3 is 1.98 bits per heavy atom. The highest BCUT2D eigenvalue weighted by molar-refractivity contribution is 6.23. The van der Waals surface area contributed by atoms with Crippen LogP contribution in [0.15, 0.2) is 12.2 Å². The van der Waals surface area contributed by atoms with Crippen LogP contribution in [0.1, 0.15) is 60.8 Å². The number of epoxide rings is 1. The van der Waals surface area contributed by atoms with Gasteiger partial charge in [-0.1, -0.05) is 19.1 Å². The molecular formula is C28H37ClO12. The van der Waals surface area contributed by atoms with Gasteiger partial charge in [0.05, 0.1) is 23.3 Å². The number of carbonyl (C=O) groups excluding carboxylic acids is 5. The second kappa shape index (κ2) is 10.9. The van der Waals surface area contributed by atoms with E-state index in [-0.39, 0.29) is 25.9 Å². The van der Waals surface area contributed by atoms with Crippen LogP contribution in [0.25, 0.3) is 0 Å². The second-order valence-electron chi connectivity index (χ2n) is 11.7. The number of carbonyl (C=O) groups is 5. The molecule has 0 radical (unpaired) electrons. The Bertz CT molecular complexity index is 1150. The van der Waals surface area contributed by atoms with Crippen LogP contribution in [0, 0.1) is 17.3 Å². The van der Waals surface area contributed by atoms with Crippen molar-refractivity contribution in [1.82, 2.24) is 0 Å². The van der Waals surface area contributed by atoms with E-state index in [2.05, 4.69) is 6.58 Å². The van der Waals surface area contributed by atoms with Crippen molar-refractivity contribution in [1.29, 1.82) is 0 Å². The number of ether oxygens (including phenoxy) is 6. The molecule has 0 bridgehead atoms. The van der Waals surface area contributed by atoms with Crippen molar-refractivity contribution >= 4 is 41.4 Å². The fraction of sp³-hybridized carbons (Fsp3) is 0.750. The summed E-state index contributed by atoms with van der Waals surface area (Å²) in [5.41, 5.74) is -4.66. The molecule has 0 aromatic rings. The molecule has 13 heteroatoms. The lowest BCUT2D eigenvalue weighted by Crippen LogP contribution is -2.72. The molecule has 0 amide bonds. The van der Waals surface area contributed by atoms with Crippen LogP contribution in [0.4, 0.5) is 0 Å². The molecular weight excluding hydrogens is 564 g/mol. The zero-order valence-corrected chi connectivity index (χ0v) is 24.7. The maximum Gasteiger partial charge on any atom is 0.312 e. The Morgan fingerprint density at radius 1 is 0.951 bits per heavy atom. The fourth-order valence-electron chi connectivity index (χ4n) is 7.17. The third kappa shape index (κ3) is 5.12. The van der Waals surface area contributed by atoms with E-state index < -0.39 is 94.2 Å². The first-order valence-corrected chi connectivity index (χ1v) is 14.0. The molecule has 11 atom stereocenters. The van der Waals surface area contributed by atoms with E-state index in [1.807, 2.05) is 0 Å². The Morgan fingerprint density at radius 2 is 1.46 bits per heavy atom. The number of halogens is 1. The van der Waals surface area contributed by atoms with E-state index in [1.54, 1.807) is 6.92 Å². The van der Waals surface area contributed by atoms with Gasteiger partial charge in [0.15, 0.2) is 11.7 Å².